The van der Waals surface area contributed by atoms with Gasteiger partial charge in [-0.2, -0.15) is 0 Å². The van der Waals surface area contributed by atoms with E-state index in [-0.39, 0.29) is 5.91 Å². The minimum absolute atomic E-state index is 0.0419. The highest BCUT2D eigenvalue weighted by Gasteiger charge is 2.44. The minimum atomic E-state index is -0.468. The van der Waals surface area contributed by atoms with Crippen LogP contribution in [0.3, 0.4) is 0 Å². The van der Waals surface area contributed by atoms with Crippen molar-refractivity contribution in [2.24, 2.45) is 4.99 Å². The van der Waals surface area contributed by atoms with Crippen LogP contribution in [0.4, 0.5) is 0 Å². The van der Waals surface area contributed by atoms with Crippen molar-refractivity contribution in [2.75, 3.05) is 19.8 Å². The summed E-state index contributed by atoms with van der Waals surface area (Å²) in [5.41, 5.74) is -0.468. The predicted octanol–water partition coefficient (Wildman–Crippen LogP) is 0.0210. The zero-order valence-corrected chi connectivity index (χ0v) is 9.01. The molecule has 0 aromatic rings. The lowest BCUT2D eigenvalue weighted by molar-refractivity contribution is -0.124. The molecule has 2 saturated heterocycles. The molecule has 84 valence electrons. The molecule has 0 aliphatic carbocycles. The lowest BCUT2D eigenvalue weighted by atomic mass is 9.91. The fraction of sp³-hybridized carbons (Fsp3) is 0.800. The van der Waals surface area contributed by atoms with E-state index in [0.717, 1.165) is 25.9 Å². The predicted molar refractivity (Wildman–Crippen MR) is 56.7 cm³/mol. The van der Waals surface area contributed by atoms with Crippen molar-refractivity contribution in [2.45, 2.75) is 31.7 Å². The normalized spacial score (nSPS) is 33.9. The van der Waals surface area contributed by atoms with Gasteiger partial charge in [0.1, 0.15) is 5.54 Å². The SMILES string of the molecule is CCN=C1NC(=O)C2(CCCOCC2)N1. The Kier molecular flexibility index (Phi) is 2.90. The highest BCUT2D eigenvalue weighted by atomic mass is 16.5. The van der Waals surface area contributed by atoms with Crippen LogP contribution in [0.1, 0.15) is 26.2 Å². The lowest BCUT2D eigenvalue weighted by Gasteiger charge is -2.23. The van der Waals surface area contributed by atoms with Crippen LogP contribution < -0.4 is 10.6 Å². The summed E-state index contributed by atoms with van der Waals surface area (Å²) in [6, 6.07) is 0. The van der Waals surface area contributed by atoms with Crippen LogP contribution in [-0.2, 0) is 9.53 Å². The fourth-order valence-electron chi connectivity index (χ4n) is 2.08. The summed E-state index contributed by atoms with van der Waals surface area (Å²) in [6.45, 7) is 4.01. The van der Waals surface area contributed by atoms with Gasteiger partial charge in [0.25, 0.3) is 5.91 Å². The average Bonchev–Trinajstić information content (AvgIpc) is 2.40. The summed E-state index contributed by atoms with van der Waals surface area (Å²) in [6.07, 6.45) is 2.46. The van der Waals surface area contributed by atoms with E-state index in [9.17, 15) is 4.79 Å². The molecule has 5 heteroatoms. The Bertz CT molecular complexity index is 280. The minimum Gasteiger partial charge on any atom is -0.381 e. The van der Waals surface area contributed by atoms with Gasteiger partial charge in [0.05, 0.1) is 0 Å². The van der Waals surface area contributed by atoms with Gasteiger partial charge in [0.15, 0.2) is 5.96 Å². The third-order valence-corrected chi connectivity index (χ3v) is 2.91. The first kappa shape index (κ1) is 10.4. The molecule has 2 aliphatic rings. The van der Waals surface area contributed by atoms with E-state index in [2.05, 4.69) is 15.6 Å². The van der Waals surface area contributed by atoms with E-state index in [1.807, 2.05) is 6.92 Å². The zero-order valence-electron chi connectivity index (χ0n) is 9.01. The van der Waals surface area contributed by atoms with Crippen molar-refractivity contribution in [1.29, 1.82) is 0 Å². The monoisotopic (exact) mass is 211 g/mol. The van der Waals surface area contributed by atoms with Crippen LogP contribution in [0.25, 0.3) is 0 Å². The molecule has 0 bridgehead atoms. The molecule has 5 nitrogen and oxygen atoms in total. The first-order valence-electron chi connectivity index (χ1n) is 5.49. The second-order valence-electron chi connectivity index (χ2n) is 3.95. The van der Waals surface area contributed by atoms with Crippen molar-refractivity contribution < 1.29 is 9.53 Å². The van der Waals surface area contributed by atoms with Gasteiger partial charge < -0.3 is 10.1 Å². The van der Waals surface area contributed by atoms with Crippen LogP contribution in [0, 0.1) is 0 Å². The maximum absolute atomic E-state index is 11.9. The van der Waals surface area contributed by atoms with E-state index in [1.54, 1.807) is 0 Å². The Balaban J connectivity index is 2.13. The number of nitrogens with one attached hydrogen (secondary N) is 2. The van der Waals surface area contributed by atoms with E-state index in [1.165, 1.54) is 0 Å². The van der Waals surface area contributed by atoms with Gasteiger partial charge in [-0.25, -0.2) is 0 Å². The molecular formula is C10H17N3O2. The van der Waals surface area contributed by atoms with Gasteiger partial charge in [0, 0.05) is 26.2 Å². The van der Waals surface area contributed by atoms with Crippen LogP contribution >= 0.6 is 0 Å². The number of hydrogen-bond donors (Lipinski definition) is 2. The van der Waals surface area contributed by atoms with Crippen LogP contribution in [0.15, 0.2) is 4.99 Å². The van der Waals surface area contributed by atoms with Crippen LogP contribution in [-0.4, -0.2) is 37.2 Å². The molecule has 2 rings (SSSR count). The van der Waals surface area contributed by atoms with Gasteiger partial charge in [-0.05, 0) is 19.8 Å². The largest absolute Gasteiger partial charge is 0.381 e. The summed E-state index contributed by atoms with van der Waals surface area (Å²) >= 11 is 0. The van der Waals surface area contributed by atoms with Crippen molar-refractivity contribution in [3.63, 3.8) is 0 Å². The third-order valence-electron chi connectivity index (χ3n) is 2.91. The van der Waals surface area contributed by atoms with Crippen LogP contribution in [0.2, 0.25) is 0 Å². The molecule has 1 atom stereocenters. The van der Waals surface area contributed by atoms with E-state index in [0.29, 0.717) is 19.1 Å². The number of ether oxygens (including phenoxy) is 1. The second-order valence-corrected chi connectivity index (χ2v) is 3.95. The maximum Gasteiger partial charge on any atom is 0.252 e. The summed E-state index contributed by atoms with van der Waals surface area (Å²) in [7, 11) is 0. The number of rotatable bonds is 1. The van der Waals surface area contributed by atoms with Crippen molar-refractivity contribution in [3.05, 3.63) is 0 Å². The molecule has 1 unspecified atom stereocenters. The van der Waals surface area contributed by atoms with Crippen LogP contribution in [0.5, 0.6) is 0 Å². The Labute approximate surface area is 89.3 Å². The third kappa shape index (κ3) is 1.97. The van der Waals surface area contributed by atoms with Crippen molar-refractivity contribution in [1.82, 2.24) is 10.6 Å². The van der Waals surface area contributed by atoms with Crippen molar-refractivity contribution >= 4 is 11.9 Å². The number of carbonyl (C=O) groups is 1. The number of amides is 1. The molecule has 1 spiro atoms. The van der Waals surface area contributed by atoms with Gasteiger partial charge in [0.2, 0.25) is 0 Å². The number of hydrogen-bond acceptors (Lipinski definition) is 3. The molecule has 0 radical (unpaired) electrons. The first-order chi connectivity index (χ1) is 7.27. The van der Waals surface area contributed by atoms with E-state index < -0.39 is 5.54 Å². The lowest BCUT2D eigenvalue weighted by Crippen LogP contribution is -2.47. The molecule has 15 heavy (non-hydrogen) atoms. The molecule has 2 N–H and O–H groups in total. The summed E-state index contributed by atoms with van der Waals surface area (Å²) in [5, 5.41) is 5.99. The number of nitrogens with zero attached hydrogens (tertiary/aromatic N) is 1. The molecule has 1 amide bonds. The quantitative estimate of drug-likeness (QED) is 0.643. The molecular weight excluding hydrogens is 194 g/mol. The molecule has 2 fully saturated rings. The van der Waals surface area contributed by atoms with Gasteiger partial charge in [-0.15, -0.1) is 0 Å². The van der Waals surface area contributed by atoms with E-state index >= 15 is 0 Å². The topological polar surface area (TPSA) is 62.7 Å². The van der Waals surface area contributed by atoms with Crippen molar-refractivity contribution in [3.8, 4) is 0 Å². The molecule has 0 saturated carbocycles. The maximum atomic E-state index is 11.9. The Morgan fingerprint density at radius 2 is 2.33 bits per heavy atom. The van der Waals surface area contributed by atoms with Gasteiger partial charge >= 0.3 is 0 Å². The van der Waals surface area contributed by atoms with Gasteiger partial charge in [-0.3, -0.25) is 15.1 Å². The second kappa shape index (κ2) is 4.18. The molecule has 2 heterocycles. The highest BCUT2D eigenvalue weighted by molar-refractivity contribution is 6.09. The standard InChI is InChI=1S/C10H17N3O2/c1-2-11-9-12-8(14)10(13-9)4-3-6-15-7-5-10/h2-7H2,1H3,(H2,11,12,13,14). The first-order valence-corrected chi connectivity index (χ1v) is 5.49. The number of carbonyl (C=O) groups excluding carboxylic acids is 1. The average molecular weight is 211 g/mol. The zero-order chi connectivity index (χ0) is 10.7. The summed E-state index contributed by atoms with van der Waals surface area (Å²) in [4.78, 5) is 16.1. The van der Waals surface area contributed by atoms with Gasteiger partial charge in [-0.1, -0.05) is 0 Å². The summed E-state index contributed by atoms with van der Waals surface area (Å²) < 4.78 is 5.36. The number of guanidine groups is 1. The Hall–Kier alpha value is -1.10. The highest BCUT2D eigenvalue weighted by Crippen LogP contribution is 2.24. The summed E-state index contributed by atoms with van der Waals surface area (Å²) in [5.74, 6) is 0.657. The fourth-order valence-corrected chi connectivity index (χ4v) is 2.08. The van der Waals surface area contributed by atoms with E-state index in [4.69, 9.17) is 4.74 Å². The molecule has 2 aliphatic heterocycles. The molecule has 0 aromatic heterocycles. The Morgan fingerprint density at radius 1 is 1.47 bits per heavy atom. The number of aliphatic imine (C=N–C) groups is 1. The Morgan fingerprint density at radius 3 is 3.13 bits per heavy atom. The smallest absolute Gasteiger partial charge is 0.252 e. The molecule has 0 aromatic carbocycles.